The van der Waals surface area contributed by atoms with E-state index < -0.39 is 5.91 Å². The molecule has 0 unspecified atom stereocenters. The summed E-state index contributed by atoms with van der Waals surface area (Å²) in [6.07, 6.45) is 6.29. The lowest BCUT2D eigenvalue weighted by Gasteiger charge is -2.31. The molecule has 26 heavy (non-hydrogen) atoms. The first-order valence-electron chi connectivity index (χ1n) is 8.47. The lowest BCUT2D eigenvalue weighted by atomic mass is 9.92. The number of primary amides is 1. The number of hydrogen-bond donors (Lipinski definition) is 2. The predicted octanol–water partition coefficient (Wildman–Crippen LogP) is 2.21. The molecule has 0 aromatic carbocycles. The van der Waals surface area contributed by atoms with E-state index in [-0.39, 0.29) is 11.8 Å². The normalized spacial score (nSPS) is 14.7. The zero-order chi connectivity index (χ0) is 18.5. The summed E-state index contributed by atoms with van der Waals surface area (Å²) in [6, 6.07) is 7.17. The SMILES string of the molecule is C=CC(=O)N1CCC(c2ccc(C(N)=O)c(Nc3cccnc3)n2)CC1. The second-order valence-corrected chi connectivity index (χ2v) is 6.17. The molecule has 1 saturated heterocycles. The lowest BCUT2D eigenvalue weighted by Crippen LogP contribution is -2.37. The van der Waals surface area contributed by atoms with Crippen LogP contribution in [0, 0.1) is 0 Å². The van der Waals surface area contributed by atoms with E-state index in [1.807, 2.05) is 12.1 Å². The van der Waals surface area contributed by atoms with Gasteiger partial charge in [0.15, 0.2) is 0 Å². The van der Waals surface area contributed by atoms with Gasteiger partial charge >= 0.3 is 0 Å². The van der Waals surface area contributed by atoms with E-state index in [1.165, 1.54) is 6.08 Å². The Balaban J connectivity index is 1.81. The number of nitrogens with zero attached hydrogens (tertiary/aromatic N) is 3. The third kappa shape index (κ3) is 3.88. The van der Waals surface area contributed by atoms with Gasteiger partial charge in [0, 0.05) is 30.9 Å². The van der Waals surface area contributed by atoms with Gasteiger partial charge in [0.2, 0.25) is 5.91 Å². The summed E-state index contributed by atoms with van der Waals surface area (Å²) in [4.78, 5) is 33.9. The molecule has 2 amide bonds. The largest absolute Gasteiger partial charge is 0.365 e. The number of hydrogen-bond acceptors (Lipinski definition) is 5. The Labute approximate surface area is 151 Å². The molecular formula is C19H21N5O2. The molecule has 1 fully saturated rings. The number of carbonyl (C=O) groups is 2. The standard InChI is InChI=1S/C19H21N5O2/c1-2-17(25)24-10-7-13(8-11-24)16-6-5-15(18(20)26)19(23-16)22-14-4-3-9-21-12-14/h2-6,9,12-13H,1,7-8,10-11H2,(H2,20,26)(H,22,23). The highest BCUT2D eigenvalue weighted by atomic mass is 16.2. The monoisotopic (exact) mass is 351 g/mol. The second-order valence-electron chi connectivity index (χ2n) is 6.17. The van der Waals surface area contributed by atoms with E-state index in [0.29, 0.717) is 24.5 Å². The minimum Gasteiger partial charge on any atom is -0.365 e. The third-order valence-electron chi connectivity index (χ3n) is 4.51. The zero-order valence-corrected chi connectivity index (χ0v) is 14.4. The first kappa shape index (κ1) is 17.6. The van der Waals surface area contributed by atoms with Crippen LogP contribution in [0.25, 0.3) is 0 Å². The van der Waals surface area contributed by atoms with Crippen molar-refractivity contribution in [2.75, 3.05) is 18.4 Å². The van der Waals surface area contributed by atoms with Crippen LogP contribution in [0.5, 0.6) is 0 Å². The van der Waals surface area contributed by atoms with Crippen LogP contribution >= 0.6 is 0 Å². The molecule has 7 heteroatoms. The molecule has 1 aliphatic heterocycles. The van der Waals surface area contributed by atoms with Crippen molar-refractivity contribution in [3.05, 3.63) is 60.6 Å². The number of nitrogens with two attached hydrogens (primary N) is 1. The van der Waals surface area contributed by atoms with Crippen molar-refractivity contribution >= 4 is 23.3 Å². The Morgan fingerprint density at radius 1 is 1.27 bits per heavy atom. The van der Waals surface area contributed by atoms with Gasteiger partial charge in [0.05, 0.1) is 17.4 Å². The van der Waals surface area contributed by atoms with E-state index in [4.69, 9.17) is 5.73 Å². The number of likely N-dealkylation sites (tertiary alicyclic amines) is 1. The van der Waals surface area contributed by atoms with Crippen LogP contribution in [0.15, 0.2) is 49.3 Å². The van der Waals surface area contributed by atoms with Crippen molar-refractivity contribution in [2.45, 2.75) is 18.8 Å². The number of aromatic nitrogens is 2. The highest BCUT2D eigenvalue weighted by Gasteiger charge is 2.24. The van der Waals surface area contributed by atoms with Crippen LogP contribution in [0.1, 0.15) is 34.8 Å². The van der Waals surface area contributed by atoms with Crippen LogP contribution < -0.4 is 11.1 Å². The second kappa shape index (κ2) is 7.77. The Morgan fingerprint density at radius 2 is 2.04 bits per heavy atom. The van der Waals surface area contributed by atoms with E-state index in [2.05, 4.69) is 21.9 Å². The first-order valence-corrected chi connectivity index (χ1v) is 8.47. The number of pyridine rings is 2. The van der Waals surface area contributed by atoms with E-state index in [1.54, 1.807) is 29.4 Å². The minimum atomic E-state index is -0.540. The van der Waals surface area contributed by atoms with Crippen molar-refractivity contribution in [3.63, 3.8) is 0 Å². The quantitative estimate of drug-likeness (QED) is 0.804. The molecule has 0 atom stereocenters. The van der Waals surface area contributed by atoms with Crippen LogP contribution in [-0.4, -0.2) is 39.8 Å². The minimum absolute atomic E-state index is 0.0422. The summed E-state index contributed by atoms with van der Waals surface area (Å²) in [6.45, 7) is 4.86. The first-order chi connectivity index (χ1) is 12.6. The molecule has 0 bridgehead atoms. The number of piperidine rings is 1. The molecule has 2 aromatic heterocycles. The van der Waals surface area contributed by atoms with Gasteiger partial charge in [-0.05, 0) is 43.2 Å². The van der Waals surface area contributed by atoms with E-state index >= 15 is 0 Å². The van der Waals surface area contributed by atoms with E-state index in [0.717, 1.165) is 24.2 Å². The maximum atomic E-state index is 11.7. The number of nitrogens with one attached hydrogen (secondary N) is 1. The molecule has 3 N–H and O–H groups in total. The Hall–Kier alpha value is -3.22. The zero-order valence-electron chi connectivity index (χ0n) is 14.4. The van der Waals surface area contributed by atoms with Gasteiger partial charge in [-0.3, -0.25) is 14.6 Å². The fraction of sp³-hybridized carbons (Fsp3) is 0.263. The Kier molecular flexibility index (Phi) is 5.26. The molecule has 7 nitrogen and oxygen atoms in total. The van der Waals surface area contributed by atoms with Gasteiger partial charge in [0.25, 0.3) is 5.91 Å². The van der Waals surface area contributed by atoms with Crippen LogP contribution in [0.3, 0.4) is 0 Å². The van der Waals surface area contributed by atoms with Crippen molar-refractivity contribution in [1.29, 1.82) is 0 Å². The third-order valence-corrected chi connectivity index (χ3v) is 4.51. The summed E-state index contributed by atoms with van der Waals surface area (Å²) >= 11 is 0. The van der Waals surface area contributed by atoms with Crippen LogP contribution in [-0.2, 0) is 4.79 Å². The summed E-state index contributed by atoms with van der Waals surface area (Å²) in [5, 5.41) is 3.12. The molecule has 0 radical (unpaired) electrons. The molecule has 2 aromatic rings. The van der Waals surface area contributed by atoms with Crippen LogP contribution in [0.2, 0.25) is 0 Å². The predicted molar refractivity (Wildman–Crippen MR) is 99.0 cm³/mol. The van der Waals surface area contributed by atoms with Gasteiger partial charge in [-0.1, -0.05) is 6.58 Å². The lowest BCUT2D eigenvalue weighted by molar-refractivity contribution is -0.127. The summed E-state index contributed by atoms with van der Waals surface area (Å²) in [7, 11) is 0. The smallest absolute Gasteiger partial charge is 0.252 e. The van der Waals surface area contributed by atoms with Crippen LogP contribution in [0.4, 0.5) is 11.5 Å². The number of rotatable bonds is 5. The van der Waals surface area contributed by atoms with Crippen molar-refractivity contribution < 1.29 is 9.59 Å². The molecule has 0 spiro atoms. The molecule has 134 valence electrons. The average molecular weight is 351 g/mol. The number of carbonyl (C=O) groups excluding carboxylic acids is 2. The van der Waals surface area contributed by atoms with Gasteiger partial charge in [-0.25, -0.2) is 4.98 Å². The fourth-order valence-corrected chi connectivity index (χ4v) is 3.09. The highest BCUT2D eigenvalue weighted by Crippen LogP contribution is 2.29. The topological polar surface area (TPSA) is 101 Å². The maximum absolute atomic E-state index is 11.7. The molecule has 0 aliphatic carbocycles. The molecular weight excluding hydrogens is 330 g/mol. The van der Waals surface area contributed by atoms with Gasteiger partial charge < -0.3 is 16.0 Å². The van der Waals surface area contributed by atoms with Crippen molar-refractivity contribution in [2.24, 2.45) is 5.73 Å². The molecule has 1 aliphatic rings. The van der Waals surface area contributed by atoms with E-state index in [9.17, 15) is 9.59 Å². The number of anilines is 2. The van der Waals surface area contributed by atoms with Crippen molar-refractivity contribution in [1.82, 2.24) is 14.9 Å². The molecule has 0 saturated carbocycles. The number of amides is 2. The fourth-order valence-electron chi connectivity index (χ4n) is 3.09. The molecule has 3 rings (SSSR count). The van der Waals surface area contributed by atoms with Gasteiger partial charge in [-0.2, -0.15) is 0 Å². The molecule has 3 heterocycles. The average Bonchev–Trinajstić information content (AvgIpc) is 2.68. The Bertz CT molecular complexity index is 814. The summed E-state index contributed by atoms with van der Waals surface area (Å²) in [5.41, 5.74) is 7.42. The maximum Gasteiger partial charge on any atom is 0.252 e. The summed E-state index contributed by atoms with van der Waals surface area (Å²) < 4.78 is 0. The van der Waals surface area contributed by atoms with Gasteiger partial charge in [-0.15, -0.1) is 0 Å². The highest BCUT2D eigenvalue weighted by molar-refractivity contribution is 5.98. The summed E-state index contributed by atoms with van der Waals surface area (Å²) in [5.74, 6) is 0.0640. The Morgan fingerprint density at radius 3 is 2.65 bits per heavy atom. The van der Waals surface area contributed by atoms with Gasteiger partial charge in [0.1, 0.15) is 5.82 Å². The van der Waals surface area contributed by atoms with Crippen molar-refractivity contribution in [3.8, 4) is 0 Å².